The smallest absolute Gasteiger partial charge is 0.162 e. The van der Waals surface area contributed by atoms with Crippen molar-refractivity contribution in [3.8, 4) is 11.5 Å². The average Bonchev–Trinajstić information content (AvgIpc) is 2.32. The number of ether oxygens (including phenoxy) is 2. The number of nitrogens with zero attached hydrogens (tertiary/aromatic N) is 1. The van der Waals surface area contributed by atoms with E-state index < -0.39 is 0 Å². The normalized spacial score (nSPS) is 10.8. The van der Waals surface area contributed by atoms with E-state index in [0.717, 1.165) is 25.1 Å². The van der Waals surface area contributed by atoms with Crippen LogP contribution in [0.15, 0.2) is 18.2 Å². The summed E-state index contributed by atoms with van der Waals surface area (Å²) in [6, 6.07) is 5.55. The van der Waals surface area contributed by atoms with Gasteiger partial charge in [0, 0.05) is 32.4 Å². The summed E-state index contributed by atoms with van der Waals surface area (Å²) in [5.41, 5.74) is 0.879. The number of para-hydroxylation sites is 1. The Morgan fingerprint density at radius 3 is 2.71 bits per heavy atom. The van der Waals surface area contributed by atoms with Crippen LogP contribution >= 0.6 is 0 Å². The highest BCUT2D eigenvalue weighted by Gasteiger charge is 2.09. The van der Waals surface area contributed by atoms with E-state index in [0.29, 0.717) is 12.3 Å². The Labute approximate surface area is 103 Å². The van der Waals surface area contributed by atoms with Gasteiger partial charge >= 0.3 is 0 Å². The lowest BCUT2D eigenvalue weighted by Crippen LogP contribution is -2.20. The summed E-state index contributed by atoms with van der Waals surface area (Å²) in [6.45, 7) is 2.39. The predicted octanol–water partition coefficient (Wildman–Crippen LogP) is 1.87. The van der Waals surface area contributed by atoms with Gasteiger partial charge in [-0.3, -0.25) is 0 Å². The minimum atomic E-state index is 0.230. The van der Waals surface area contributed by atoms with Gasteiger partial charge in [0.1, 0.15) is 0 Å². The lowest BCUT2D eigenvalue weighted by atomic mass is 10.1. The fourth-order valence-electron chi connectivity index (χ4n) is 1.71. The first-order valence-electron chi connectivity index (χ1n) is 5.71. The van der Waals surface area contributed by atoms with Crippen molar-refractivity contribution in [2.45, 2.75) is 13.0 Å². The second-order valence-corrected chi connectivity index (χ2v) is 4.05. The van der Waals surface area contributed by atoms with Crippen LogP contribution in [0.2, 0.25) is 0 Å². The van der Waals surface area contributed by atoms with E-state index in [1.54, 1.807) is 20.3 Å². The highest BCUT2D eigenvalue weighted by atomic mass is 16.5. The van der Waals surface area contributed by atoms with Crippen LogP contribution in [-0.4, -0.2) is 44.4 Å². The second kappa shape index (κ2) is 7.14. The third kappa shape index (κ3) is 4.24. The van der Waals surface area contributed by atoms with E-state index in [-0.39, 0.29) is 5.75 Å². The van der Waals surface area contributed by atoms with Crippen molar-refractivity contribution >= 4 is 0 Å². The molecule has 0 unspecified atom stereocenters. The van der Waals surface area contributed by atoms with Crippen molar-refractivity contribution < 1.29 is 14.6 Å². The zero-order valence-corrected chi connectivity index (χ0v) is 10.8. The molecule has 0 radical (unpaired) electrons. The van der Waals surface area contributed by atoms with Crippen molar-refractivity contribution in [3.05, 3.63) is 23.8 Å². The quantitative estimate of drug-likeness (QED) is 0.738. The van der Waals surface area contributed by atoms with Gasteiger partial charge in [0.25, 0.3) is 0 Å². The molecule has 4 heteroatoms. The molecular formula is C13H21NO3. The number of aromatic hydroxyl groups is 1. The molecule has 0 saturated carbocycles. The van der Waals surface area contributed by atoms with Gasteiger partial charge in [-0.2, -0.15) is 0 Å². The lowest BCUT2D eigenvalue weighted by molar-refractivity contribution is 0.177. The molecule has 1 aromatic rings. The second-order valence-electron chi connectivity index (χ2n) is 4.05. The number of methoxy groups -OCH3 is 2. The molecule has 0 aliphatic carbocycles. The summed E-state index contributed by atoms with van der Waals surface area (Å²) >= 11 is 0. The molecule has 0 aliphatic heterocycles. The number of hydrogen-bond donors (Lipinski definition) is 1. The summed E-state index contributed by atoms with van der Waals surface area (Å²) in [4.78, 5) is 2.15. The Morgan fingerprint density at radius 1 is 1.29 bits per heavy atom. The van der Waals surface area contributed by atoms with Gasteiger partial charge in [0.05, 0.1) is 7.11 Å². The predicted molar refractivity (Wildman–Crippen MR) is 67.5 cm³/mol. The first-order valence-corrected chi connectivity index (χ1v) is 5.71. The van der Waals surface area contributed by atoms with Crippen molar-refractivity contribution in [1.29, 1.82) is 0 Å². The van der Waals surface area contributed by atoms with Crippen LogP contribution in [-0.2, 0) is 11.3 Å². The zero-order valence-electron chi connectivity index (χ0n) is 10.8. The topological polar surface area (TPSA) is 41.9 Å². The van der Waals surface area contributed by atoms with Crippen molar-refractivity contribution in [3.63, 3.8) is 0 Å². The van der Waals surface area contributed by atoms with Gasteiger partial charge in [0.2, 0.25) is 0 Å². The van der Waals surface area contributed by atoms with E-state index >= 15 is 0 Å². The molecular weight excluding hydrogens is 218 g/mol. The molecule has 0 aromatic heterocycles. The average molecular weight is 239 g/mol. The summed E-state index contributed by atoms with van der Waals surface area (Å²) in [7, 11) is 5.28. The third-order valence-corrected chi connectivity index (χ3v) is 2.63. The number of benzene rings is 1. The minimum Gasteiger partial charge on any atom is -0.504 e. The standard InChI is InChI=1S/C13H21NO3/c1-14(8-5-9-16-2)10-11-6-4-7-12(17-3)13(11)15/h4,6-7,15H,5,8-10H2,1-3H3. The van der Waals surface area contributed by atoms with Gasteiger partial charge < -0.3 is 19.5 Å². The number of hydrogen-bond acceptors (Lipinski definition) is 4. The lowest BCUT2D eigenvalue weighted by Gasteiger charge is -2.17. The molecule has 0 bridgehead atoms. The number of rotatable bonds is 7. The molecule has 0 heterocycles. The van der Waals surface area contributed by atoms with E-state index in [4.69, 9.17) is 9.47 Å². The Bertz CT molecular complexity index is 341. The molecule has 0 atom stereocenters. The molecule has 0 amide bonds. The van der Waals surface area contributed by atoms with Crippen LogP contribution < -0.4 is 4.74 Å². The molecule has 0 saturated heterocycles. The highest BCUT2D eigenvalue weighted by Crippen LogP contribution is 2.29. The van der Waals surface area contributed by atoms with Gasteiger partial charge in [-0.1, -0.05) is 12.1 Å². The molecule has 4 nitrogen and oxygen atoms in total. The summed E-state index contributed by atoms with van der Waals surface area (Å²) in [5.74, 6) is 0.751. The van der Waals surface area contributed by atoms with Crippen LogP contribution in [0.25, 0.3) is 0 Å². The molecule has 96 valence electrons. The first kappa shape index (κ1) is 13.8. The Balaban J connectivity index is 2.55. The van der Waals surface area contributed by atoms with Crippen LogP contribution in [0.5, 0.6) is 11.5 Å². The maximum absolute atomic E-state index is 9.93. The van der Waals surface area contributed by atoms with Crippen LogP contribution in [0.3, 0.4) is 0 Å². The van der Waals surface area contributed by atoms with E-state index in [2.05, 4.69) is 4.90 Å². The fraction of sp³-hybridized carbons (Fsp3) is 0.538. The van der Waals surface area contributed by atoms with Crippen LogP contribution in [0.4, 0.5) is 0 Å². The van der Waals surface area contributed by atoms with Crippen molar-refractivity contribution in [2.75, 3.05) is 34.4 Å². The van der Waals surface area contributed by atoms with Crippen molar-refractivity contribution in [1.82, 2.24) is 4.90 Å². The molecule has 1 rings (SSSR count). The summed E-state index contributed by atoms with van der Waals surface area (Å²) in [6.07, 6.45) is 0.984. The van der Waals surface area contributed by atoms with Crippen molar-refractivity contribution in [2.24, 2.45) is 0 Å². The molecule has 17 heavy (non-hydrogen) atoms. The minimum absolute atomic E-state index is 0.230. The Hall–Kier alpha value is -1.26. The maximum Gasteiger partial charge on any atom is 0.162 e. The fourth-order valence-corrected chi connectivity index (χ4v) is 1.71. The van der Waals surface area contributed by atoms with Crippen LogP contribution in [0.1, 0.15) is 12.0 Å². The Kier molecular flexibility index (Phi) is 5.80. The molecule has 1 aromatic carbocycles. The molecule has 0 spiro atoms. The summed E-state index contributed by atoms with van der Waals surface area (Å²) in [5, 5.41) is 9.93. The number of phenols is 1. The SMILES string of the molecule is COCCCN(C)Cc1cccc(OC)c1O. The first-order chi connectivity index (χ1) is 8.19. The third-order valence-electron chi connectivity index (χ3n) is 2.63. The Morgan fingerprint density at radius 2 is 2.06 bits per heavy atom. The summed E-state index contributed by atoms with van der Waals surface area (Å²) < 4.78 is 10.1. The monoisotopic (exact) mass is 239 g/mol. The number of phenolic OH excluding ortho intramolecular Hbond substituents is 1. The highest BCUT2D eigenvalue weighted by molar-refractivity contribution is 5.45. The van der Waals surface area contributed by atoms with Gasteiger partial charge in [-0.05, 0) is 19.5 Å². The van der Waals surface area contributed by atoms with Crippen LogP contribution in [0, 0.1) is 0 Å². The maximum atomic E-state index is 9.93. The van der Waals surface area contributed by atoms with E-state index in [9.17, 15) is 5.11 Å². The zero-order chi connectivity index (χ0) is 12.7. The molecule has 0 aliphatic rings. The molecule has 1 N–H and O–H groups in total. The molecule has 0 fully saturated rings. The largest absolute Gasteiger partial charge is 0.504 e. The van der Waals surface area contributed by atoms with Gasteiger partial charge in [-0.25, -0.2) is 0 Å². The van der Waals surface area contributed by atoms with Gasteiger partial charge in [-0.15, -0.1) is 0 Å². The van der Waals surface area contributed by atoms with Gasteiger partial charge in [0.15, 0.2) is 11.5 Å². The van der Waals surface area contributed by atoms with E-state index in [1.165, 1.54) is 0 Å². The van der Waals surface area contributed by atoms with E-state index in [1.807, 2.05) is 19.2 Å².